The summed E-state index contributed by atoms with van der Waals surface area (Å²) >= 11 is 1.25. The van der Waals surface area contributed by atoms with Crippen LogP contribution in [0.15, 0.2) is 17.8 Å². The van der Waals surface area contributed by atoms with Gasteiger partial charge in [0.2, 0.25) is 6.54 Å². The molecule has 0 aliphatic rings. The smallest absolute Gasteiger partial charge is 0.481 e. The summed E-state index contributed by atoms with van der Waals surface area (Å²) in [5, 5.41) is 29.3. The van der Waals surface area contributed by atoms with Gasteiger partial charge in [0.15, 0.2) is 0 Å². The number of hydrogen-bond acceptors (Lipinski definition) is 7. The minimum atomic E-state index is -5.08. The summed E-state index contributed by atoms with van der Waals surface area (Å²) in [5.74, 6) is -3.63. The second-order valence-corrected chi connectivity index (χ2v) is 4.39. The molecule has 2 N–H and O–H groups in total. The summed E-state index contributed by atoms with van der Waals surface area (Å²) in [6.45, 7) is 0.255. The van der Waals surface area contributed by atoms with Crippen LogP contribution in [-0.2, 0) is 16.1 Å². The van der Waals surface area contributed by atoms with Crippen LogP contribution in [0.5, 0.6) is 0 Å². The molecule has 2 rings (SSSR count). The van der Waals surface area contributed by atoms with Crippen molar-refractivity contribution < 1.29 is 37.8 Å². The Balaban J connectivity index is 0.000000322. The van der Waals surface area contributed by atoms with Gasteiger partial charge in [0.1, 0.15) is 24.5 Å². The van der Waals surface area contributed by atoms with Crippen molar-refractivity contribution >= 4 is 23.5 Å². The molecular weight excluding hydrogens is 343 g/mol. The van der Waals surface area contributed by atoms with Crippen molar-refractivity contribution in [2.75, 3.05) is 0 Å². The van der Waals surface area contributed by atoms with Crippen molar-refractivity contribution in [2.45, 2.75) is 19.1 Å². The first-order valence-corrected chi connectivity index (χ1v) is 6.55. The number of rotatable bonds is 4. The number of aryl methyl sites for hydroxylation is 1. The molecule has 0 saturated heterocycles. The Labute approximate surface area is 130 Å². The minimum absolute atomic E-state index is 0.00225. The fraction of sp³-hybridized carbons (Fsp3) is 0.300. The number of nitrogens with zero attached hydrogens (tertiary/aromatic N) is 5. The second kappa shape index (κ2) is 8.07. The molecule has 0 aromatic carbocycles. The average Bonchev–Trinajstić information content (AvgIpc) is 2.99. The lowest BCUT2D eigenvalue weighted by Gasteiger charge is -1.93. The predicted molar refractivity (Wildman–Crippen MR) is 67.1 cm³/mol. The quantitative estimate of drug-likeness (QED) is 0.756. The Hall–Kier alpha value is -2.70. The number of carbonyl (C=O) groups is 2. The van der Waals surface area contributed by atoms with Crippen molar-refractivity contribution in [3.05, 3.63) is 17.8 Å². The van der Waals surface area contributed by atoms with Crippen molar-refractivity contribution in [3.8, 4) is 11.3 Å². The van der Waals surface area contributed by atoms with Gasteiger partial charge < -0.3 is 10.2 Å². The summed E-state index contributed by atoms with van der Waals surface area (Å²) in [4.78, 5) is 20.6. The fourth-order valence-electron chi connectivity index (χ4n) is 1.05. The van der Waals surface area contributed by atoms with Crippen LogP contribution in [0.2, 0.25) is 0 Å². The first-order valence-electron chi connectivity index (χ1n) is 5.72. The third-order valence-corrected chi connectivity index (χ3v) is 2.59. The minimum Gasteiger partial charge on any atom is -0.481 e. The summed E-state index contributed by atoms with van der Waals surface area (Å²) in [5.41, 5.74) is 1.48. The van der Waals surface area contributed by atoms with Crippen LogP contribution >= 0.6 is 11.5 Å². The van der Waals surface area contributed by atoms with Gasteiger partial charge in [0, 0.05) is 20.4 Å². The first kappa shape index (κ1) is 18.3. The molecule has 0 fully saturated rings. The van der Waals surface area contributed by atoms with Gasteiger partial charge in [0.05, 0.1) is 5.56 Å². The summed E-state index contributed by atoms with van der Waals surface area (Å²) in [6.07, 6.45) is -1.90. The molecule has 0 radical (unpaired) electrons. The van der Waals surface area contributed by atoms with Crippen LogP contribution in [0.25, 0.3) is 11.3 Å². The summed E-state index contributed by atoms with van der Waals surface area (Å²) in [6, 6.07) is 0. The van der Waals surface area contributed by atoms with Gasteiger partial charge in [-0.1, -0.05) is 4.49 Å². The number of alkyl halides is 3. The molecular formula is C10H9F3N5O4S+. The van der Waals surface area contributed by atoms with Crippen LogP contribution in [0.1, 0.15) is 6.42 Å². The van der Waals surface area contributed by atoms with Crippen molar-refractivity contribution in [1.29, 1.82) is 0 Å². The van der Waals surface area contributed by atoms with Crippen LogP contribution in [0.4, 0.5) is 13.2 Å². The van der Waals surface area contributed by atoms with E-state index in [1.54, 1.807) is 17.8 Å². The van der Waals surface area contributed by atoms with Crippen molar-refractivity contribution in [1.82, 2.24) is 19.8 Å². The number of aromatic nitrogens is 5. The molecule has 0 saturated carbocycles. The largest absolute Gasteiger partial charge is 0.490 e. The van der Waals surface area contributed by atoms with E-state index >= 15 is 0 Å². The van der Waals surface area contributed by atoms with E-state index in [-0.39, 0.29) is 13.0 Å². The molecule has 0 amide bonds. The fourth-order valence-corrected chi connectivity index (χ4v) is 1.52. The van der Waals surface area contributed by atoms with Gasteiger partial charge in [-0.15, -0.1) is 5.10 Å². The van der Waals surface area contributed by atoms with Gasteiger partial charge in [-0.3, -0.25) is 4.79 Å². The Kier molecular flexibility index (Phi) is 6.44. The first-order chi connectivity index (χ1) is 10.7. The van der Waals surface area contributed by atoms with Gasteiger partial charge in [-0.25, -0.2) is 4.79 Å². The Morgan fingerprint density at radius 1 is 1.22 bits per heavy atom. The second-order valence-electron chi connectivity index (χ2n) is 3.78. The van der Waals surface area contributed by atoms with E-state index in [9.17, 15) is 18.0 Å². The Morgan fingerprint density at radius 3 is 2.17 bits per heavy atom. The van der Waals surface area contributed by atoms with E-state index in [4.69, 9.17) is 15.0 Å². The van der Waals surface area contributed by atoms with Crippen LogP contribution < -0.4 is 4.80 Å². The molecule has 0 atom stereocenters. The lowest BCUT2D eigenvalue weighted by molar-refractivity contribution is -0.806. The van der Waals surface area contributed by atoms with Gasteiger partial charge in [-0.05, 0) is 11.5 Å². The third kappa shape index (κ3) is 6.73. The number of halogens is 3. The predicted octanol–water partition coefficient (Wildman–Crippen LogP) is 0.391. The van der Waals surface area contributed by atoms with E-state index in [0.29, 0.717) is 0 Å². The number of carboxylic acid groups (broad SMARTS) is 2. The summed E-state index contributed by atoms with van der Waals surface area (Å²) in [7, 11) is 0. The number of hydrogen-bond donors (Lipinski definition) is 2. The zero-order valence-electron chi connectivity index (χ0n) is 11.1. The van der Waals surface area contributed by atoms with E-state index in [0.717, 1.165) is 11.3 Å². The zero-order chi connectivity index (χ0) is 17.5. The van der Waals surface area contributed by atoms with E-state index < -0.39 is 18.1 Å². The van der Waals surface area contributed by atoms with Crippen LogP contribution in [0, 0.1) is 0 Å². The van der Waals surface area contributed by atoms with Gasteiger partial charge in [-0.2, -0.15) is 13.2 Å². The maximum absolute atomic E-state index is 10.6. The normalized spacial score (nSPS) is 10.6. The molecule has 13 heteroatoms. The highest BCUT2D eigenvalue weighted by molar-refractivity contribution is 7.03. The molecule has 9 nitrogen and oxygen atoms in total. The molecule has 2 heterocycles. The van der Waals surface area contributed by atoms with Crippen molar-refractivity contribution in [2.24, 2.45) is 0 Å². The highest BCUT2D eigenvalue weighted by Gasteiger charge is 2.38. The highest BCUT2D eigenvalue weighted by atomic mass is 32.1. The van der Waals surface area contributed by atoms with E-state index in [2.05, 4.69) is 19.8 Å². The molecule has 0 aliphatic heterocycles. The maximum Gasteiger partial charge on any atom is 0.490 e. The third-order valence-electron chi connectivity index (χ3n) is 2.08. The average molecular weight is 352 g/mol. The Morgan fingerprint density at radius 2 is 1.78 bits per heavy atom. The molecule has 0 aliphatic carbocycles. The number of aliphatic carboxylic acids is 2. The lowest BCUT2D eigenvalue weighted by Crippen LogP contribution is -2.42. The molecule has 124 valence electrons. The number of carboxylic acids is 2. The highest BCUT2D eigenvalue weighted by Crippen LogP contribution is 2.13. The van der Waals surface area contributed by atoms with Gasteiger partial charge >= 0.3 is 18.1 Å². The Bertz CT molecular complexity index is 648. The molecule has 23 heavy (non-hydrogen) atoms. The van der Waals surface area contributed by atoms with Crippen LogP contribution in [0.3, 0.4) is 0 Å². The topological polar surface area (TPSA) is 130 Å². The monoisotopic (exact) mass is 352 g/mol. The lowest BCUT2D eigenvalue weighted by atomic mass is 10.3. The summed E-state index contributed by atoms with van der Waals surface area (Å²) < 4.78 is 35.5. The molecule has 0 bridgehead atoms. The maximum atomic E-state index is 10.6. The molecule has 0 spiro atoms. The van der Waals surface area contributed by atoms with E-state index in [1.165, 1.54) is 16.3 Å². The SMILES string of the molecule is O=C(O)C(F)(F)F.O=C(O)CC[n+]1ncc(-c2csnn2)cn1. The molecule has 0 unspecified atom stereocenters. The molecule has 2 aromatic rings. The van der Waals surface area contributed by atoms with Gasteiger partial charge in [0.25, 0.3) is 0 Å². The van der Waals surface area contributed by atoms with Crippen LogP contribution in [-0.4, -0.2) is 48.1 Å². The van der Waals surface area contributed by atoms with E-state index in [1.807, 2.05) is 0 Å². The zero-order valence-corrected chi connectivity index (χ0v) is 12.0. The van der Waals surface area contributed by atoms with Crippen molar-refractivity contribution in [3.63, 3.8) is 0 Å². The molecule has 2 aromatic heterocycles. The standard InChI is InChI=1S/C8H7N5O2S.C2HF3O2/c14-8(15)1-2-13-9-3-6(4-10-13)7-5-16-12-11-7;3-2(4,5)1(6)7/h3-5H,1-2H2;(H,6,7)/p+1.